The Morgan fingerprint density at radius 2 is 2.04 bits per heavy atom. The third kappa shape index (κ3) is 4.64. The number of amides is 1. The number of benzene rings is 1. The third-order valence-corrected chi connectivity index (χ3v) is 4.21. The molecule has 2 heterocycles. The second kappa shape index (κ2) is 8.21. The lowest BCUT2D eigenvalue weighted by atomic mass is 10.2. The number of rotatable bonds is 6. The van der Waals surface area contributed by atoms with Crippen LogP contribution in [-0.2, 0) is 9.53 Å². The Labute approximate surface area is 157 Å². The summed E-state index contributed by atoms with van der Waals surface area (Å²) in [5, 5.41) is 2.42. The molecule has 27 heavy (non-hydrogen) atoms. The standard InChI is InChI=1S/C17H14F2N2O5S/c1-9(14(22)21-10-4-5-12-13(7-10)25-8-24-12)26-16(23)11-3-2-6-20-15(11)27-17(18)19/h2-7,9,17H,8H2,1H3,(H,21,22)/t9-/m0/s1. The lowest BCUT2D eigenvalue weighted by molar-refractivity contribution is -0.123. The van der Waals surface area contributed by atoms with Crippen LogP contribution < -0.4 is 14.8 Å². The van der Waals surface area contributed by atoms with Crippen LogP contribution in [-0.4, -0.2) is 35.5 Å². The van der Waals surface area contributed by atoms with E-state index in [0.29, 0.717) is 17.2 Å². The maximum Gasteiger partial charge on any atom is 0.341 e. The van der Waals surface area contributed by atoms with Crippen LogP contribution in [0.5, 0.6) is 11.5 Å². The quantitative estimate of drug-likeness (QED) is 0.592. The molecule has 0 spiro atoms. The summed E-state index contributed by atoms with van der Waals surface area (Å²) in [6.45, 7) is 1.47. The van der Waals surface area contributed by atoms with E-state index in [1.165, 1.54) is 25.3 Å². The zero-order chi connectivity index (χ0) is 19.4. The van der Waals surface area contributed by atoms with Crippen LogP contribution in [0.15, 0.2) is 41.6 Å². The molecule has 0 radical (unpaired) electrons. The fourth-order valence-corrected chi connectivity index (χ4v) is 2.79. The average Bonchev–Trinajstić information content (AvgIpc) is 3.09. The predicted octanol–water partition coefficient (Wildman–Crippen LogP) is 3.31. The number of hydrogen-bond donors (Lipinski definition) is 1. The number of pyridine rings is 1. The van der Waals surface area contributed by atoms with Crippen molar-refractivity contribution in [3.05, 3.63) is 42.1 Å². The van der Waals surface area contributed by atoms with Gasteiger partial charge in [0, 0.05) is 18.0 Å². The van der Waals surface area contributed by atoms with E-state index in [1.54, 1.807) is 18.2 Å². The number of carbonyl (C=O) groups is 2. The molecule has 0 fully saturated rings. The van der Waals surface area contributed by atoms with E-state index in [0.717, 1.165) is 0 Å². The van der Waals surface area contributed by atoms with Crippen molar-refractivity contribution in [1.29, 1.82) is 0 Å². The molecule has 0 unspecified atom stereocenters. The summed E-state index contributed by atoms with van der Waals surface area (Å²) in [7, 11) is 0. The Morgan fingerprint density at radius 1 is 1.26 bits per heavy atom. The smallest absolute Gasteiger partial charge is 0.341 e. The van der Waals surface area contributed by atoms with E-state index >= 15 is 0 Å². The Balaban J connectivity index is 1.63. The molecule has 10 heteroatoms. The van der Waals surface area contributed by atoms with Gasteiger partial charge in [-0.2, -0.15) is 8.78 Å². The Hall–Kier alpha value is -2.88. The number of ether oxygens (including phenoxy) is 3. The first-order chi connectivity index (χ1) is 12.9. The van der Waals surface area contributed by atoms with Gasteiger partial charge in [-0.25, -0.2) is 9.78 Å². The number of nitrogens with zero attached hydrogens (tertiary/aromatic N) is 1. The van der Waals surface area contributed by atoms with Crippen LogP contribution in [0.1, 0.15) is 17.3 Å². The van der Waals surface area contributed by atoms with E-state index < -0.39 is 23.7 Å². The van der Waals surface area contributed by atoms with Gasteiger partial charge in [-0.05, 0) is 43.0 Å². The summed E-state index contributed by atoms with van der Waals surface area (Å²) in [6, 6.07) is 7.55. The van der Waals surface area contributed by atoms with Crippen molar-refractivity contribution < 1.29 is 32.6 Å². The molecule has 1 amide bonds. The first-order valence-corrected chi connectivity index (χ1v) is 8.63. The zero-order valence-corrected chi connectivity index (χ0v) is 14.8. The highest BCUT2D eigenvalue weighted by molar-refractivity contribution is 7.99. The number of anilines is 1. The molecule has 1 N–H and O–H groups in total. The van der Waals surface area contributed by atoms with Crippen molar-refractivity contribution in [3.8, 4) is 11.5 Å². The zero-order valence-electron chi connectivity index (χ0n) is 14.0. The number of alkyl halides is 2. The summed E-state index contributed by atoms with van der Waals surface area (Å²) in [6.07, 6.45) is 0.129. The van der Waals surface area contributed by atoms with Crippen molar-refractivity contribution in [1.82, 2.24) is 4.98 Å². The molecule has 142 valence electrons. The van der Waals surface area contributed by atoms with Crippen molar-refractivity contribution in [2.45, 2.75) is 23.8 Å². The molecule has 0 bridgehead atoms. The molecule has 2 aromatic rings. The van der Waals surface area contributed by atoms with Crippen LogP contribution in [0.4, 0.5) is 14.5 Å². The highest BCUT2D eigenvalue weighted by atomic mass is 32.2. The van der Waals surface area contributed by atoms with Gasteiger partial charge in [0.2, 0.25) is 6.79 Å². The SMILES string of the molecule is C[C@H](OC(=O)c1cccnc1SC(F)F)C(=O)Nc1ccc2c(c1)OCO2. The van der Waals surface area contributed by atoms with Crippen LogP contribution in [0.3, 0.4) is 0 Å². The molecule has 0 saturated carbocycles. The molecule has 1 aliphatic heterocycles. The van der Waals surface area contributed by atoms with E-state index in [4.69, 9.17) is 14.2 Å². The van der Waals surface area contributed by atoms with E-state index in [2.05, 4.69) is 10.3 Å². The van der Waals surface area contributed by atoms with Gasteiger partial charge >= 0.3 is 5.97 Å². The molecular weight excluding hydrogens is 382 g/mol. The minimum atomic E-state index is -2.74. The lowest BCUT2D eigenvalue weighted by Gasteiger charge is -2.14. The number of halogens is 2. The largest absolute Gasteiger partial charge is 0.454 e. The molecule has 1 aromatic carbocycles. The molecular formula is C17H14F2N2O5S. The topological polar surface area (TPSA) is 86.8 Å². The van der Waals surface area contributed by atoms with Gasteiger partial charge < -0.3 is 19.5 Å². The van der Waals surface area contributed by atoms with Crippen molar-refractivity contribution in [3.63, 3.8) is 0 Å². The van der Waals surface area contributed by atoms with Crippen LogP contribution in [0.25, 0.3) is 0 Å². The van der Waals surface area contributed by atoms with Crippen molar-refractivity contribution >= 4 is 29.3 Å². The van der Waals surface area contributed by atoms with Gasteiger partial charge in [-0.1, -0.05) is 0 Å². The van der Waals surface area contributed by atoms with Crippen molar-refractivity contribution in [2.75, 3.05) is 12.1 Å². The number of carbonyl (C=O) groups excluding carboxylic acids is 2. The second-order valence-electron chi connectivity index (χ2n) is 5.34. The maximum absolute atomic E-state index is 12.6. The summed E-state index contributed by atoms with van der Waals surface area (Å²) in [5.74, 6) is -3.19. The molecule has 0 saturated heterocycles. The summed E-state index contributed by atoms with van der Waals surface area (Å²) < 4.78 is 40.6. The van der Waals surface area contributed by atoms with Gasteiger partial charge in [0.15, 0.2) is 17.6 Å². The highest BCUT2D eigenvalue weighted by Crippen LogP contribution is 2.34. The van der Waals surface area contributed by atoms with E-state index in [1.807, 2.05) is 0 Å². The molecule has 1 atom stereocenters. The van der Waals surface area contributed by atoms with Crippen LogP contribution in [0.2, 0.25) is 0 Å². The first kappa shape index (κ1) is 18.9. The van der Waals surface area contributed by atoms with Crippen molar-refractivity contribution in [2.24, 2.45) is 0 Å². The molecule has 3 rings (SSSR count). The number of aromatic nitrogens is 1. The van der Waals surface area contributed by atoms with Gasteiger partial charge in [0.1, 0.15) is 5.03 Å². The van der Waals surface area contributed by atoms with Gasteiger partial charge in [0.25, 0.3) is 11.7 Å². The summed E-state index contributed by atoms with van der Waals surface area (Å²) >= 11 is 0.131. The average molecular weight is 396 g/mol. The molecule has 0 aliphatic carbocycles. The first-order valence-electron chi connectivity index (χ1n) is 7.75. The van der Waals surface area contributed by atoms with Gasteiger partial charge in [-0.3, -0.25) is 4.79 Å². The normalized spacial score (nSPS) is 13.3. The summed E-state index contributed by atoms with van der Waals surface area (Å²) in [4.78, 5) is 28.2. The minimum absolute atomic E-state index is 0.102. The van der Waals surface area contributed by atoms with Crippen LogP contribution >= 0.6 is 11.8 Å². The monoisotopic (exact) mass is 396 g/mol. The molecule has 1 aliphatic rings. The lowest BCUT2D eigenvalue weighted by Crippen LogP contribution is -2.30. The number of thioether (sulfide) groups is 1. The third-order valence-electron chi connectivity index (χ3n) is 3.48. The number of esters is 1. The second-order valence-corrected chi connectivity index (χ2v) is 6.32. The predicted molar refractivity (Wildman–Crippen MR) is 92.2 cm³/mol. The van der Waals surface area contributed by atoms with Gasteiger partial charge in [0.05, 0.1) is 5.56 Å². The Bertz CT molecular complexity index is 865. The summed E-state index contributed by atoms with van der Waals surface area (Å²) in [5.41, 5.74) is 0.299. The van der Waals surface area contributed by atoms with Gasteiger partial charge in [-0.15, -0.1) is 0 Å². The Kier molecular flexibility index (Phi) is 5.75. The fraction of sp³-hybridized carbons (Fsp3) is 0.235. The van der Waals surface area contributed by atoms with Crippen LogP contribution in [0, 0.1) is 0 Å². The molecule has 1 aromatic heterocycles. The number of hydrogen-bond acceptors (Lipinski definition) is 7. The van der Waals surface area contributed by atoms with E-state index in [-0.39, 0.29) is 29.1 Å². The molecule has 7 nitrogen and oxygen atoms in total. The van der Waals surface area contributed by atoms with E-state index in [9.17, 15) is 18.4 Å². The fourth-order valence-electron chi connectivity index (χ4n) is 2.22. The minimum Gasteiger partial charge on any atom is -0.454 e. The number of fused-ring (bicyclic) bond motifs is 1. The Morgan fingerprint density at radius 3 is 2.81 bits per heavy atom. The number of nitrogens with one attached hydrogen (secondary N) is 1. The maximum atomic E-state index is 12.6. The highest BCUT2D eigenvalue weighted by Gasteiger charge is 2.23.